The predicted molar refractivity (Wildman–Crippen MR) is 94.4 cm³/mol. The van der Waals surface area contributed by atoms with Crippen molar-refractivity contribution in [1.82, 2.24) is 0 Å². The molecule has 0 saturated heterocycles. The van der Waals surface area contributed by atoms with Gasteiger partial charge in [0.25, 0.3) is 0 Å². The largest absolute Gasteiger partial charge is 0.381 e. The minimum atomic E-state index is -1.04. The van der Waals surface area contributed by atoms with Crippen molar-refractivity contribution in [3.05, 3.63) is 29.3 Å². The van der Waals surface area contributed by atoms with E-state index >= 15 is 0 Å². The van der Waals surface area contributed by atoms with Crippen molar-refractivity contribution in [3.63, 3.8) is 0 Å². The molecule has 1 unspecified atom stereocenters. The molecule has 0 N–H and O–H groups in total. The van der Waals surface area contributed by atoms with E-state index in [9.17, 15) is 4.79 Å². The Bertz CT molecular complexity index is 552. The van der Waals surface area contributed by atoms with E-state index in [4.69, 9.17) is 4.74 Å². The van der Waals surface area contributed by atoms with Gasteiger partial charge < -0.3 is 4.74 Å². The summed E-state index contributed by atoms with van der Waals surface area (Å²) in [4.78, 5) is 16.3. The van der Waals surface area contributed by atoms with E-state index in [0.717, 1.165) is 17.9 Å². The summed E-state index contributed by atoms with van der Waals surface area (Å²) in [6.07, 6.45) is 1.91. The highest BCUT2D eigenvalue weighted by molar-refractivity contribution is 9.09. The highest BCUT2D eigenvalue weighted by Crippen LogP contribution is 2.35. The molecule has 0 radical (unpaired) electrons. The van der Waals surface area contributed by atoms with E-state index in [1.807, 2.05) is 24.4 Å². The minimum Gasteiger partial charge on any atom is -0.381 e. The normalized spacial score (nSPS) is 17.0. The maximum absolute atomic E-state index is 11.9. The van der Waals surface area contributed by atoms with Crippen LogP contribution < -0.4 is 0 Å². The fourth-order valence-corrected chi connectivity index (χ4v) is 3.33. The maximum Gasteiger partial charge on any atom is 0.175 e. The Morgan fingerprint density at radius 1 is 1.38 bits per heavy atom. The van der Waals surface area contributed by atoms with E-state index in [2.05, 4.69) is 40.6 Å². The van der Waals surface area contributed by atoms with E-state index in [1.165, 1.54) is 6.04 Å². The number of carbonyl (C=O) groups is 1. The topological polar surface area (TPSA) is 38.7 Å². The quantitative estimate of drug-likeness (QED) is 0.309. The molecule has 0 amide bonds. The number of aliphatic imine (C=N–C) groups is 1. The molecule has 114 valence electrons. The number of ether oxygens (including phenoxy) is 1. The summed E-state index contributed by atoms with van der Waals surface area (Å²) in [6.45, 7) is 8.50. The second kappa shape index (κ2) is 6.98. The number of halogens is 1. The summed E-state index contributed by atoms with van der Waals surface area (Å²) in [5.41, 5.74) is 2.63. The molecule has 1 aromatic carbocycles. The molecule has 1 atom stereocenters. The Morgan fingerprint density at radius 3 is 2.81 bits per heavy atom. The SMILES string of the molecule is C[Si](C)(C)CCOCC1C=Nc2c(C(=O)CBr)cccc21. The first-order chi connectivity index (χ1) is 9.92. The first-order valence-corrected chi connectivity index (χ1v) is 12.1. The molecule has 0 aromatic heterocycles. The van der Waals surface area contributed by atoms with Crippen molar-refractivity contribution in [2.75, 3.05) is 18.5 Å². The maximum atomic E-state index is 11.9. The first kappa shape index (κ1) is 16.6. The molecule has 1 heterocycles. The van der Waals surface area contributed by atoms with E-state index < -0.39 is 8.07 Å². The Hall–Kier alpha value is -0.783. The molecule has 0 saturated carbocycles. The zero-order valence-electron chi connectivity index (χ0n) is 12.9. The average Bonchev–Trinajstić information content (AvgIpc) is 2.85. The van der Waals surface area contributed by atoms with Gasteiger partial charge in [-0.2, -0.15) is 0 Å². The number of ketones is 1. The third-order valence-electron chi connectivity index (χ3n) is 3.57. The van der Waals surface area contributed by atoms with Crippen LogP contribution in [0.15, 0.2) is 23.2 Å². The van der Waals surface area contributed by atoms with Crippen molar-refractivity contribution in [2.45, 2.75) is 31.6 Å². The monoisotopic (exact) mass is 367 g/mol. The molecule has 0 bridgehead atoms. The molecule has 0 aliphatic carbocycles. The van der Waals surface area contributed by atoms with Crippen molar-refractivity contribution in [1.29, 1.82) is 0 Å². The van der Waals surface area contributed by atoms with Gasteiger partial charge >= 0.3 is 0 Å². The number of rotatable bonds is 7. The van der Waals surface area contributed by atoms with Gasteiger partial charge in [-0.15, -0.1) is 0 Å². The lowest BCUT2D eigenvalue weighted by Crippen LogP contribution is -2.22. The molecule has 1 aliphatic heterocycles. The van der Waals surface area contributed by atoms with Gasteiger partial charge in [-0.25, -0.2) is 0 Å². The van der Waals surface area contributed by atoms with Crippen molar-refractivity contribution in [3.8, 4) is 0 Å². The second-order valence-electron chi connectivity index (χ2n) is 6.57. The molecular weight excluding hydrogens is 346 g/mol. The van der Waals surface area contributed by atoms with Crippen LogP contribution in [0.5, 0.6) is 0 Å². The van der Waals surface area contributed by atoms with Crippen LogP contribution >= 0.6 is 15.9 Å². The van der Waals surface area contributed by atoms with Crippen LogP contribution in [-0.2, 0) is 4.74 Å². The summed E-state index contributed by atoms with van der Waals surface area (Å²) in [5.74, 6) is 0.244. The third-order valence-corrected chi connectivity index (χ3v) is 5.78. The molecule has 0 fully saturated rings. The number of nitrogens with zero attached hydrogens (tertiary/aromatic N) is 1. The number of fused-ring (bicyclic) bond motifs is 1. The number of hydrogen-bond donors (Lipinski definition) is 0. The number of alkyl halides is 1. The Labute approximate surface area is 135 Å². The van der Waals surface area contributed by atoms with Crippen LogP contribution in [-0.4, -0.2) is 38.6 Å². The Kier molecular flexibility index (Phi) is 5.52. The lowest BCUT2D eigenvalue weighted by Gasteiger charge is -2.16. The van der Waals surface area contributed by atoms with E-state index in [-0.39, 0.29) is 11.7 Å². The standard InChI is InChI=1S/C16H22BrNO2Si/c1-21(2,3)8-7-20-11-12-10-18-16-13(12)5-4-6-14(16)15(19)9-17/h4-6,10,12H,7-9,11H2,1-3H3. The Balaban J connectivity index is 2.00. The third kappa shape index (κ3) is 4.34. The van der Waals surface area contributed by atoms with Gasteiger partial charge in [-0.3, -0.25) is 9.79 Å². The number of para-hydroxylation sites is 1. The smallest absolute Gasteiger partial charge is 0.175 e. The lowest BCUT2D eigenvalue weighted by atomic mass is 9.98. The molecule has 1 aliphatic rings. The van der Waals surface area contributed by atoms with Gasteiger partial charge in [-0.1, -0.05) is 47.7 Å². The summed E-state index contributed by atoms with van der Waals surface area (Å²) >= 11 is 3.22. The molecule has 21 heavy (non-hydrogen) atoms. The van der Waals surface area contributed by atoms with Gasteiger partial charge in [0.05, 0.1) is 17.6 Å². The van der Waals surface area contributed by atoms with Crippen LogP contribution in [0.3, 0.4) is 0 Å². The highest BCUT2D eigenvalue weighted by atomic mass is 79.9. The van der Waals surface area contributed by atoms with Gasteiger partial charge in [0, 0.05) is 32.4 Å². The van der Waals surface area contributed by atoms with Gasteiger partial charge in [0.15, 0.2) is 5.78 Å². The van der Waals surface area contributed by atoms with E-state index in [0.29, 0.717) is 17.5 Å². The minimum absolute atomic E-state index is 0.0734. The van der Waals surface area contributed by atoms with Crippen LogP contribution in [0.25, 0.3) is 0 Å². The summed E-state index contributed by atoms with van der Waals surface area (Å²) in [5, 5.41) is 0.330. The predicted octanol–water partition coefficient (Wildman–Crippen LogP) is 4.42. The van der Waals surface area contributed by atoms with Crippen LogP contribution in [0, 0.1) is 0 Å². The van der Waals surface area contributed by atoms with E-state index in [1.54, 1.807) is 0 Å². The van der Waals surface area contributed by atoms with Crippen molar-refractivity contribution < 1.29 is 9.53 Å². The van der Waals surface area contributed by atoms with Crippen LogP contribution in [0.4, 0.5) is 5.69 Å². The zero-order chi connectivity index (χ0) is 15.5. The zero-order valence-corrected chi connectivity index (χ0v) is 15.4. The number of Topliss-reactive ketones (excluding diaryl/α,β-unsaturated/α-hetero) is 1. The number of hydrogen-bond acceptors (Lipinski definition) is 3. The molecule has 2 rings (SSSR count). The van der Waals surface area contributed by atoms with Crippen LogP contribution in [0.2, 0.25) is 25.7 Å². The van der Waals surface area contributed by atoms with Crippen LogP contribution in [0.1, 0.15) is 21.8 Å². The Morgan fingerprint density at radius 2 is 2.14 bits per heavy atom. The summed E-state index contributed by atoms with van der Waals surface area (Å²) < 4.78 is 5.83. The molecular formula is C16H22BrNO2Si. The van der Waals surface area contributed by atoms with Crippen molar-refractivity contribution >= 4 is 41.7 Å². The lowest BCUT2D eigenvalue weighted by molar-refractivity contribution is 0.102. The molecule has 1 aromatic rings. The summed E-state index contributed by atoms with van der Waals surface area (Å²) in [6, 6.07) is 6.98. The fourth-order valence-electron chi connectivity index (χ4n) is 2.27. The number of benzene rings is 1. The van der Waals surface area contributed by atoms with Gasteiger partial charge in [-0.05, 0) is 17.7 Å². The fraction of sp³-hybridized carbons (Fsp3) is 0.500. The highest BCUT2D eigenvalue weighted by Gasteiger charge is 2.23. The second-order valence-corrected chi connectivity index (χ2v) is 12.8. The summed E-state index contributed by atoms with van der Waals surface area (Å²) in [7, 11) is -1.04. The first-order valence-electron chi connectivity index (χ1n) is 7.26. The van der Waals surface area contributed by atoms with Gasteiger partial charge in [0.1, 0.15) is 0 Å². The van der Waals surface area contributed by atoms with Gasteiger partial charge in [0.2, 0.25) is 0 Å². The molecule has 3 nitrogen and oxygen atoms in total. The molecule has 5 heteroatoms. The van der Waals surface area contributed by atoms with Crippen molar-refractivity contribution in [2.24, 2.45) is 4.99 Å². The number of carbonyl (C=O) groups excluding carboxylic acids is 1. The molecule has 0 spiro atoms. The average molecular weight is 368 g/mol.